The molecule has 0 radical (unpaired) electrons. The van der Waals surface area contributed by atoms with Gasteiger partial charge >= 0.3 is 17.9 Å². The van der Waals surface area contributed by atoms with Crippen molar-refractivity contribution in [1.82, 2.24) is 0 Å². The molecule has 0 N–H and O–H groups in total. The number of carbonyl (C=O) groups excluding carboxylic acids is 3. The lowest BCUT2D eigenvalue weighted by Crippen LogP contribution is -2.42. The summed E-state index contributed by atoms with van der Waals surface area (Å²) in [5.41, 5.74) is 0.618. The summed E-state index contributed by atoms with van der Waals surface area (Å²) in [6.07, 6.45) is 12.5. The molecule has 6 heteroatoms. The van der Waals surface area contributed by atoms with Crippen molar-refractivity contribution < 1.29 is 28.6 Å². The molecule has 3 rings (SSSR count). The van der Waals surface area contributed by atoms with E-state index in [0.717, 1.165) is 19.3 Å². The number of fused-ring (bicyclic) bond motifs is 1. The molecule has 38 heavy (non-hydrogen) atoms. The monoisotopic (exact) mass is 528 g/mol. The molecule has 0 saturated carbocycles. The molecule has 0 amide bonds. The van der Waals surface area contributed by atoms with Gasteiger partial charge in [-0.05, 0) is 68.8 Å². The minimum Gasteiger partial charge on any atom is -0.462 e. The highest BCUT2D eigenvalue weighted by Gasteiger charge is 2.43. The number of esters is 3. The highest BCUT2D eigenvalue weighted by molar-refractivity contribution is 5.78. The fourth-order valence-electron chi connectivity index (χ4n) is 6.13. The first-order chi connectivity index (χ1) is 18.0. The van der Waals surface area contributed by atoms with Crippen molar-refractivity contribution in [3.05, 3.63) is 36.5 Å². The lowest BCUT2D eigenvalue weighted by atomic mass is 9.65. The minimum atomic E-state index is -0.634. The zero-order chi connectivity index (χ0) is 28.0. The molecule has 1 unspecified atom stereocenters. The average Bonchev–Trinajstić information content (AvgIpc) is 2.87. The van der Waals surface area contributed by atoms with Crippen molar-refractivity contribution in [3.63, 3.8) is 0 Å². The van der Waals surface area contributed by atoms with Crippen molar-refractivity contribution in [2.24, 2.45) is 35.0 Å². The maximum absolute atomic E-state index is 12.9. The highest BCUT2D eigenvalue weighted by Crippen LogP contribution is 2.45. The van der Waals surface area contributed by atoms with E-state index in [9.17, 15) is 14.4 Å². The molecule has 0 aromatic heterocycles. The van der Waals surface area contributed by atoms with Gasteiger partial charge in [0.15, 0.2) is 0 Å². The lowest BCUT2D eigenvalue weighted by molar-refractivity contribution is -0.176. The number of carbonyl (C=O) groups is 3. The number of hydrogen-bond acceptors (Lipinski definition) is 6. The number of cyclic esters (lactones) is 1. The van der Waals surface area contributed by atoms with Crippen molar-refractivity contribution in [2.75, 3.05) is 0 Å². The molecule has 212 valence electrons. The van der Waals surface area contributed by atoms with Crippen molar-refractivity contribution in [2.45, 2.75) is 111 Å². The summed E-state index contributed by atoms with van der Waals surface area (Å²) in [6, 6.07) is 0. The Morgan fingerprint density at radius 1 is 1.21 bits per heavy atom. The molecule has 1 aliphatic heterocycles. The Morgan fingerprint density at radius 2 is 1.95 bits per heavy atom. The van der Waals surface area contributed by atoms with Crippen LogP contribution in [0.1, 0.15) is 92.9 Å². The fourth-order valence-corrected chi connectivity index (χ4v) is 6.13. The third-order valence-corrected chi connectivity index (χ3v) is 9.06. The molecule has 0 aromatic rings. The molecule has 1 saturated heterocycles. The molecule has 6 nitrogen and oxygen atoms in total. The van der Waals surface area contributed by atoms with E-state index in [1.54, 1.807) is 6.08 Å². The van der Waals surface area contributed by atoms with Crippen molar-refractivity contribution in [3.8, 4) is 0 Å². The van der Waals surface area contributed by atoms with Crippen LogP contribution in [0.2, 0.25) is 0 Å². The van der Waals surface area contributed by atoms with E-state index in [-0.39, 0.29) is 54.3 Å². The summed E-state index contributed by atoms with van der Waals surface area (Å²) < 4.78 is 17.7. The summed E-state index contributed by atoms with van der Waals surface area (Å²) in [7, 11) is 0. The molecule has 3 aliphatic rings. The predicted octanol–water partition coefficient (Wildman–Crippen LogP) is 6.74. The molecule has 1 heterocycles. The van der Waals surface area contributed by atoms with Gasteiger partial charge in [0, 0.05) is 12.3 Å². The SMILES string of the molecule is C=CCC(C)(CC)C(=O)O[C@H]1CC(=O)O[C@H](CC[C@@H]2[C@@H]3C(=C[C@H](C)C[C@@H]3OC(=O)[C@@H](C)CC)C=C[C@@H]2C)C1. The summed E-state index contributed by atoms with van der Waals surface area (Å²) in [6.45, 7) is 15.9. The molecular formula is C32H48O6. The summed E-state index contributed by atoms with van der Waals surface area (Å²) >= 11 is 0. The van der Waals surface area contributed by atoms with Gasteiger partial charge in [0.05, 0.1) is 17.8 Å². The maximum atomic E-state index is 12.9. The highest BCUT2D eigenvalue weighted by atomic mass is 16.6. The largest absolute Gasteiger partial charge is 0.462 e. The lowest BCUT2D eigenvalue weighted by Gasteiger charge is -2.43. The van der Waals surface area contributed by atoms with E-state index in [0.29, 0.717) is 37.5 Å². The third kappa shape index (κ3) is 7.18. The predicted molar refractivity (Wildman–Crippen MR) is 148 cm³/mol. The summed E-state index contributed by atoms with van der Waals surface area (Å²) in [4.78, 5) is 38.1. The first-order valence-electron chi connectivity index (χ1n) is 14.6. The first kappa shape index (κ1) is 30.2. The van der Waals surface area contributed by atoms with Crippen molar-refractivity contribution in [1.29, 1.82) is 0 Å². The molecular weight excluding hydrogens is 480 g/mol. The van der Waals surface area contributed by atoms with Gasteiger partial charge in [-0.25, -0.2) is 0 Å². The van der Waals surface area contributed by atoms with Gasteiger partial charge in [-0.2, -0.15) is 0 Å². The van der Waals surface area contributed by atoms with E-state index in [4.69, 9.17) is 14.2 Å². The third-order valence-electron chi connectivity index (χ3n) is 9.06. The van der Waals surface area contributed by atoms with Crippen LogP contribution in [0.15, 0.2) is 36.5 Å². The standard InChI is InChI=1S/C32H48O6/c1-8-15-32(7,10-3)31(35)37-25-18-24(36-28(33)19-25)13-14-26-22(6)11-12-23-16-20(4)17-27(29(23)26)38-30(34)21(5)9-2/h8,11-12,16,20-22,24-27,29H,1,9-10,13-15,17-19H2,2-7H3/t20-,21-,22-,24+,25+,26-,27-,29-,32?/m0/s1. The van der Waals surface area contributed by atoms with Gasteiger partial charge in [0.2, 0.25) is 0 Å². The van der Waals surface area contributed by atoms with Crippen LogP contribution >= 0.6 is 0 Å². The normalized spacial score (nSPS) is 33.2. The Hall–Kier alpha value is -2.37. The zero-order valence-electron chi connectivity index (χ0n) is 24.2. The van der Waals surface area contributed by atoms with Crippen LogP contribution in [-0.2, 0) is 28.6 Å². The van der Waals surface area contributed by atoms with Crippen LogP contribution in [0.3, 0.4) is 0 Å². The van der Waals surface area contributed by atoms with E-state index in [1.807, 2.05) is 27.7 Å². The van der Waals surface area contributed by atoms with Crippen molar-refractivity contribution >= 4 is 17.9 Å². The number of hydrogen-bond donors (Lipinski definition) is 0. The van der Waals surface area contributed by atoms with Crippen LogP contribution in [-0.4, -0.2) is 36.2 Å². The van der Waals surface area contributed by atoms with Gasteiger partial charge in [-0.15, -0.1) is 6.58 Å². The molecule has 1 fully saturated rings. The molecule has 9 atom stereocenters. The number of allylic oxidation sites excluding steroid dienone is 4. The quantitative estimate of drug-likeness (QED) is 0.168. The van der Waals surface area contributed by atoms with E-state index >= 15 is 0 Å². The van der Waals surface area contributed by atoms with Gasteiger partial charge in [-0.3, -0.25) is 14.4 Å². The van der Waals surface area contributed by atoms with Crippen LogP contribution < -0.4 is 0 Å². The second-order valence-corrected chi connectivity index (χ2v) is 12.1. The Balaban J connectivity index is 1.69. The first-order valence-corrected chi connectivity index (χ1v) is 14.6. The van der Waals surface area contributed by atoms with Gasteiger partial charge in [-0.1, -0.05) is 58.9 Å². The average molecular weight is 529 g/mol. The van der Waals surface area contributed by atoms with Gasteiger partial charge in [0.1, 0.15) is 18.3 Å². The smallest absolute Gasteiger partial charge is 0.312 e. The maximum Gasteiger partial charge on any atom is 0.312 e. The second kappa shape index (κ2) is 13.1. The zero-order valence-corrected chi connectivity index (χ0v) is 24.2. The Labute approximate surface area is 229 Å². The van der Waals surface area contributed by atoms with Crippen LogP contribution in [0.25, 0.3) is 0 Å². The fraction of sp³-hybridized carbons (Fsp3) is 0.719. The van der Waals surface area contributed by atoms with E-state index < -0.39 is 11.5 Å². The molecule has 2 aliphatic carbocycles. The van der Waals surface area contributed by atoms with E-state index in [2.05, 4.69) is 38.7 Å². The second-order valence-electron chi connectivity index (χ2n) is 12.1. The van der Waals surface area contributed by atoms with Crippen LogP contribution in [0, 0.1) is 35.0 Å². The molecule has 0 aromatic carbocycles. The Morgan fingerprint density at radius 3 is 2.61 bits per heavy atom. The Bertz CT molecular complexity index is 934. The van der Waals surface area contributed by atoms with Crippen LogP contribution in [0.5, 0.6) is 0 Å². The molecule has 0 bridgehead atoms. The topological polar surface area (TPSA) is 78.9 Å². The van der Waals surface area contributed by atoms with Gasteiger partial charge < -0.3 is 14.2 Å². The Kier molecular flexibility index (Phi) is 10.4. The summed E-state index contributed by atoms with van der Waals surface area (Å²) in [5.74, 6) is 0.242. The minimum absolute atomic E-state index is 0.0970. The molecule has 0 spiro atoms. The number of rotatable bonds is 11. The number of ether oxygens (including phenoxy) is 3. The van der Waals surface area contributed by atoms with Gasteiger partial charge in [0.25, 0.3) is 0 Å². The van der Waals surface area contributed by atoms with Crippen LogP contribution in [0.4, 0.5) is 0 Å². The van der Waals surface area contributed by atoms with E-state index in [1.165, 1.54) is 5.57 Å². The summed E-state index contributed by atoms with van der Waals surface area (Å²) in [5, 5.41) is 0.